The predicted octanol–water partition coefficient (Wildman–Crippen LogP) is 1.50. The molecule has 1 aromatic carbocycles. The summed E-state index contributed by atoms with van der Waals surface area (Å²) < 4.78 is 29.2. The number of nitrogens with one attached hydrogen (secondary N) is 1. The molecule has 0 saturated heterocycles. The van der Waals surface area contributed by atoms with Crippen molar-refractivity contribution < 1.29 is 17.6 Å². The van der Waals surface area contributed by atoms with Crippen molar-refractivity contribution in [3.8, 4) is 0 Å². The van der Waals surface area contributed by atoms with Crippen LogP contribution in [0.5, 0.6) is 0 Å². The van der Waals surface area contributed by atoms with Crippen LogP contribution in [-0.2, 0) is 14.8 Å². The summed E-state index contributed by atoms with van der Waals surface area (Å²) in [5.41, 5.74) is 0.752. The van der Waals surface area contributed by atoms with Crippen LogP contribution < -0.4 is 5.32 Å². The first-order valence-electron chi connectivity index (χ1n) is 6.46. The number of carbonyl (C=O) groups is 1. The maximum absolute atomic E-state index is 11.8. The molecule has 0 spiro atoms. The van der Waals surface area contributed by atoms with E-state index in [9.17, 15) is 13.2 Å². The van der Waals surface area contributed by atoms with Gasteiger partial charge in [0.2, 0.25) is 15.9 Å². The van der Waals surface area contributed by atoms with Gasteiger partial charge in [-0.05, 0) is 19.1 Å². The highest BCUT2D eigenvalue weighted by molar-refractivity contribution is 7.88. The summed E-state index contributed by atoms with van der Waals surface area (Å²) in [5.74, 6) is 0.252. The number of likely N-dealkylation sites (N-methyl/N-ethyl adjacent to an activating group) is 1. The summed E-state index contributed by atoms with van der Waals surface area (Å²) in [6, 6.07) is 9.09. The zero-order valence-corrected chi connectivity index (χ0v) is 13.0. The second-order valence-electron chi connectivity index (χ2n) is 4.99. The lowest BCUT2D eigenvalue weighted by molar-refractivity contribution is -0.121. The number of furan rings is 1. The lowest BCUT2D eigenvalue weighted by Crippen LogP contribution is -2.38. The van der Waals surface area contributed by atoms with E-state index in [1.165, 1.54) is 7.05 Å². The number of amides is 1. The van der Waals surface area contributed by atoms with Crippen LogP contribution in [0.3, 0.4) is 0 Å². The Kier molecular flexibility index (Phi) is 4.34. The van der Waals surface area contributed by atoms with Crippen LogP contribution in [0.15, 0.2) is 34.7 Å². The molecule has 1 amide bonds. The highest BCUT2D eigenvalue weighted by Gasteiger charge is 2.18. The standard InChI is InChI=1S/C14H18N2O4S/c1-10(15-14(17)9-16(2)21(3,18)19)13-8-11-6-4-5-7-12(11)20-13/h4-8,10H,9H2,1-3H3,(H,15,17)/t10-/m1/s1. The number of nitrogens with zero attached hydrogens (tertiary/aromatic N) is 1. The number of hydrogen-bond donors (Lipinski definition) is 1. The number of para-hydroxylation sites is 1. The Morgan fingerprint density at radius 1 is 1.38 bits per heavy atom. The van der Waals surface area contributed by atoms with Crippen molar-refractivity contribution in [2.45, 2.75) is 13.0 Å². The van der Waals surface area contributed by atoms with Gasteiger partial charge in [-0.1, -0.05) is 18.2 Å². The van der Waals surface area contributed by atoms with Crippen molar-refractivity contribution in [1.29, 1.82) is 0 Å². The third-order valence-electron chi connectivity index (χ3n) is 3.18. The van der Waals surface area contributed by atoms with Crippen LogP contribution in [0, 0.1) is 0 Å². The molecule has 0 saturated carbocycles. The topological polar surface area (TPSA) is 79.6 Å². The van der Waals surface area contributed by atoms with E-state index >= 15 is 0 Å². The molecule has 0 unspecified atom stereocenters. The largest absolute Gasteiger partial charge is 0.459 e. The van der Waals surface area contributed by atoms with Gasteiger partial charge in [-0.3, -0.25) is 4.79 Å². The molecule has 6 nitrogen and oxygen atoms in total. The van der Waals surface area contributed by atoms with Crippen LogP contribution >= 0.6 is 0 Å². The number of hydrogen-bond acceptors (Lipinski definition) is 4. The van der Waals surface area contributed by atoms with Crippen molar-refractivity contribution in [2.75, 3.05) is 19.8 Å². The molecule has 0 aliphatic rings. The lowest BCUT2D eigenvalue weighted by atomic mass is 10.2. The van der Waals surface area contributed by atoms with Gasteiger partial charge in [0, 0.05) is 12.4 Å². The summed E-state index contributed by atoms with van der Waals surface area (Å²) in [5, 5.41) is 3.68. The number of sulfonamides is 1. The maximum Gasteiger partial charge on any atom is 0.235 e. The van der Waals surface area contributed by atoms with Crippen molar-refractivity contribution in [2.24, 2.45) is 0 Å². The van der Waals surface area contributed by atoms with E-state index in [1.54, 1.807) is 6.92 Å². The molecule has 1 N–H and O–H groups in total. The van der Waals surface area contributed by atoms with E-state index in [2.05, 4.69) is 5.32 Å². The Morgan fingerprint density at radius 3 is 2.67 bits per heavy atom. The van der Waals surface area contributed by atoms with Gasteiger partial charge < -0.3 is 9.73 Å². The van der Waals surface area contributed by atoms with Crippen LogP contribution in [0.25, 0.3) is 11.0 Å². The van der Waals surface area contributed by atoms with Crippen LogP contribution in [0.2, 0.25) is 0 Å². The quantitative estimate of drug-likeness (QED) is 0.907. The van der Waals surface area contributed by atoms with Crippen LogP contribution in [0.1, 0.15) is 18.7 Å². The van der Waals surface area contributed by atoms with Crippen molar-refractivity contribution in [3.05, 3.63) is 36.1 Å². The first-order chi connectivity index (χ1) is 9.77. The first kappa shape index (κ1) is 15.5. The van der Waals surface area contributed by atoms with Crippen molar-refractivity contribution in [1.82, 2.24) is 9.62 Å². The van der Waals surface area contributed by atoms with Crippen molar-refractivity contribution >= 4 is 26.9 Å². The Hall–Kier alpha value is -1.86. The highest BCUT2D eigenvalue weighted by atomic mass is 32.2. The Balaban J connectivity index is 2.04. The average molecular weight is 310 g/mol. The molecule has 0 aliphatic carbocycles. The van der Waals surface area contributed by atoms with E-state index in [0.717, 1.165) is 21.5 Å². The molecular formula is C14H18N2O4S. The van der Waals surface area contributed by atoms with E-state index in [4.69, 9.17) is 4.42 Å². The monoisotopic (exact) mass is 310 g/mol. The molecule has 1 aromatic heterocycles. The van der Waals surface area contributed by atoms with E-state index < -0.39 is 10.0 Å². The Morgan fingerprint density at radius 2 is 2.05 bits per heavy atom. The summed E-state index contributed by atoms with van der Waals surface area (Å²) in [7, 11) is -2.01. The van der Waals surface area contributed by atoms with Crippen molar-refractivity contribution in [3.63, 3.8) is 0 Å². The van der Waals surface area contributed by atoms with Crippen LogP contribution in [-0.4, -0.2) is 38.5 Å². The third-order valence-corrected chi connectivity index (χ3v) is 4.44. The fraction of sp³-hybridized carbons (Fsp3) is 0.357. The molecule has 1 heterocycles. The van der Waals surface area contributed by atoms with Gasteiger partial charge in [0.25, 0.3) is 0 Å². The summed E-state index contributed by atoms with van der Waals surface area (Å²) in [6.07, 6.45) is 1.06. The smallest absolute Gasteiger partial charge is 0.235 e. The summed E-state index contributed by atoms with van der Waals surface area (Å²) >= 11 is 0. The molecule has 0 fully saturated rings. The zero-order chi connectivity index (χ0) is 15.6. The number of carbonyl (C=O) groups excluding carboxylic acids is 1. The van der Waals surface area contributed by atoms with Gasteiger partial charge >= 0.3 is 0 Å². The molecule has 1 atom stereocenters. The van der Waals surface area contributed by atoms with Gasteiger partial charge in [0.05, 0.1) is 18.8 Å². The zero-order valence-electron chi connectivity index (χ0n) is 12.2. The molecule has 2 rings (SSSR count). The predicted molar refractivity (Wildman–Crippen MR) is 80.2 cm³/mol. The molecule has 0 bridgehead atoms. The molecule has 21 heavy (non-hydrogen) atoms. The summed E-state index contributed by atoms with van der Waals surface area (Å²) in [4.78, 5) is 11.8. The summed E-state index contributed by atoms with van der Waals surface area (Å²) in [6.45, 7) is 1.57. The van der Waals surface area contributed by atoms with Gasteiger partial charge in [-0.25, -0.2) is 8.42 Å². The molecule has 0 aliphatic heterocycles. The molecule has 114 valence electrons. The Labute approximate surface area is 123 Å². The normalized spacial score (nSPS) is 13.5. The minimum atomic E-state index is -3.37. The lowest BCUT2D eigenvalue weighted by Gasteiger charge is -2.16. The van der Waals surface area contributed by atoms with E-state index in [0.29, 0.717) is 5.76 Å². The average Bonchev–Trinajstić information content (AvgIpc) is 2.81. The molecule has 2 aromatic rings. The SMILES string of the molecule is C[C@@H](NC(=O)CN(C)S(C)(=O)=O)c1cc2ccccc2o1. The van der Waals surface area contributed by atoms with E-state index in [1.807, 2.05) is 30.3 Å². The van der Waals surface area contributed by atoms with Gasteiger partial charge in [-0.2, -0.15) is 4.31 Å². The molecule has 0 radical (unpaired) electrons. The number of benzene rings is 1. The minimum absolute atomic E-state index is 0.219. The fourth-order valence-electron chi connectivity index (χ4n) is 1.89. The van der Waals surface area contributed by atoms with Gasteiger partial charge in [0.15, 0.2) is 0 Å². The van der Waals surface area contributed by atoms with Gasteiger partial charge in [0.1, 0.15) is 11.3 Å². The Bertz CT molecular complexity index is 718. The third kappa shape index (κ3) is 3.83. The van der Waals surface area contributed by atoms with E-state index in [-0.39, 0.29) is 18.5 Å². The fourth-order valence-corrected chi connectivity index (χ4v) is 2.25. The first-order valence-corrected chi connectivity index (χ1v) is 8.31. The molecule has 7 heteroatoms. The van der Waals surface area contributed by atoms with Crippen LogP contribution in [0.4, 0.5) is 0 Å². The number of rotatable bonds is 5. The second kappa shape index (κ2) is 5.87. The van der Waals surface area contributed by atoms with Gasteiger partial charge in [-0.15, -0.1) is 0 Å². The maximum atomic E-state index is 11.8. The highest BCUT2D eigenvalue weighted by Crippen LogP contribution is 2.23. The second-order valence-corrected chi connectivity index (χ2v) is 7.08. The minimum Gasteiger partial charge on any atom is -0.459 e. The molecular weight excluding hydrogens is 292 g/mol. The number of fused-ring (bicyclic) bond motifs is 1.